The monoisotopic (exact) mass is 390 g/mol. The van der Waals surface area contributed by atoms with Crippen LogP contribution in [0.1, 0.15) is 23.2 Å². The number of primary amides is 1. The summed E-state index contributed by atoms with van der Waals surface area (Å²) in [6, 6.07) is 10.8. The van der Waals surface area contributed by atoms with Crippen LogP contribution in [0.15, 0.2) is 36.4 Å². The summed E-state index contributed by atoms with van der Waals surface area (Å²) in [6.07, 6.45) is 2.34. The number of aromatic nitrogens is 3. The van der Waals surface area contributed by atoms with Crippen LogP contribution in [0, 0.1) is 5.41 Å². The van der Waals surface area contributed by atoms with Crippen LogP contribution < -0.4 is 16.4 Å². The lowest BCUT2D eigenvalue weighted by atomic mass is 10.1. The van der Waals surface area contributed by atoms with Crippen molar-refractivity contribution in [1.82, 2.24) is 15.0 Å². The molecule has 0 bridgehead atoms. The lowest BCUT2D eigenvalue weighted by Gasteiger charge is -2.23. The molecule has 1 saturated carbocycles. The van der Waals surface area contributed by atoms with Gasteiger partial charge in [-0.2, -0.15) is 9.97 Å². The minimum atomic E-state index is -0.473. The third-order valence-electron chi connectivity index (χ3n) is 5.70. The molecule has 8 heteroatoms. The quantitative estimate of drug-likeness (QED) is 0.701. The average Bonchev–Trinajstić information content (AvgIpc) is 3.53. The predicted molar refractivity (Wildman–Crippen MR) is 110 cm³/mol. The zero-order chi connectivity index (χ0) is 20.0. The van der Waals surface area contributed by atoms with E-state index in [1.165, 1.54) is 12.8 Å². The number of pyridine rings is 1. The molecule has 3 aromatic rings. The smallest absolute Gasteiger partial charge is 0.248 e. The van der Waals surface area contributed by atoms with Gasteiger partial charge < -0.3 is 21.1 Å². The van der Waals surface area contributed by atoms with E-state index in [0.717, 1.165) is 25.3 Å². The molecule has 3 heterocycles. The van der Waals surface area contributed by atoms with Gasteiger partial charge in [-0.15, -0.1) is 0 Å². The first kappa shape index (κ1) is 17.8. The number of rotatable bonds is 3. The molecule has 1 aliphatic heterocycles. The molecule has 8 nitrogen and oxygen atoms in total. The topological polar surface area (TPSA) is 120 Å². The lowest BCUT2D eigenvalue weighted by molar-refractivity contribution is 0.100. The Hall–Kier alpha value is -3.26. The molecular weight excluding hydrogens is 368 g/mol. The number of carbonyl (C=O) groups is 1. The molecule has 2 aliphatic rings. The van der Waals surface area contributed by atoms with Crippen LogP contribution in [-0.2, 0) is 4.74 Å². The highest BCUT2D eigenvalue weighted by Crippen LogP contribution is 2.47. The number of nitrogens with zero attached hydrogens (tertiary/aromatic N) is 4. The summed E-state index contributed by atoms with van der Waals surface area (Å²) >= 11 is 0. The number of ether oxygens (including phenoxy) is 1. The molecule has 4 N–H and O–H groups in total. The van der Waals surface area contributed by atoms with Gasteiger partial charge in [0.2, 0.25) is 11.9 Å². The fraction of sp³-hybridized carbons (Fsp3) is 0.333. The molecule has 1 aliphatic carbocycles. The first-order valence-electron chi connectivity index (χ1n) is 9.70. The molecule has 1 aromatic carbocycles. The zero-order valence-electron chi connectivity index (χ0n) is 16.0. The first-order chi connectivity index (χ1) is 14.0. The number of nitrogen functional groups attached to an aromatic ring is 1. The molecular formula is C21H22N6O2. The Bertz CT molecular complexity index is 1110. The Morgan fingerprint density at radius 1 is 1.14 bits per heavy atom. The Balaban J connectivity index is 1.55. The predicted octanol–water partition coefficient (Wildman–Crippen LogP) is 1.99. The van der Waals surface area contributed by atoms with Crippen molar-refractivity contribution in [3.8, 4) is 11.3 Å². The van der Waals surface area contributed by atoms with Crippen LogP contribution in [0.4, 0.5) is 11.8 Å². The Morgan fingerprint density at radius 2 is 2.00 bits per heavy atom. The number of fused-ring (bicyclic) bond motifs is 1. The van der Waals surface area contributed by atoms with E-state index in [1.807, 2.05) is 18.2 Å². The molecule has 0 atom stereocenters. The van der Waals surface area contributed by atoms with Gasteiger partial charge >= 0.3 is 0 Å². The summed E-state index contributed by atoms with van der Waals surface area (Å²) in [6.45, 7) is 3.05. The summed E-state index contributed by atoms with van der Waals surface area (Å²) in [5.41, 5.74) is 14.3. The fourth-order valence-corrected chi connectivity index (χ4v) is 3.80. The maximum atomic E-state index is 11.5. The SMILES string of the molecule is NC(=O)c1cccc(-c2ccc3c(N)nc(N4CCOCC5(CC5)C4)nc3n2)c1. The number of hydrogen-bond acceptors (Lipinski definition) is 7. The van der Waals surface area contributed by atoms with Crippen molar-refractivity contribution in [3.63, 3.8) is 0 Å². The maximum absolute atomic E-state index is 11.5. The number of amides is 1. The number of hydrogen-bond donors (Lipinski definition) is 2. The molecule has 0 unspecified atom stereocenters. The molecule has 5 rings (SSSR count). The van der Waals surface area contributed by atoms with E-state index in [1.54, 1.807) is 18.2 Å². The van der Waals surface area contributed by atoms with Crippen LogP contribution in [0.2, 0.25) is 0 Å². The van der Waals surface area contributed by atoms with E-state index >= 15 is 0 Å². The number of nitrogens with two attached hydrogens (primary N) is 2. The van der Waals surface area contributed by atoms with Crippen molar-refractivity contribution in [3.05, 3.63) is 42.0 Å². The molecule has 148 valence electrons. The van der Waals surface area contributed by atoms with Gasteiger partial charge in [-0.25, -0.2) is 4.98 Å². The van der Waals surface area contributed by atoms with Gasteiger partial charge in [-0.3, -0.25) is 4.79 Å². The summed E-state index contributed by atoms with van der Waals surface area (Å²) in [7, 11) is 0. The molecule has 1 amide bonds. The van der Waals surface area contributed by atoms with Crippen molar-refractivity contribution in [2.45, 2.75) is 12.8 Å². The van der Waals surface area contributed by atoms with E-state index < -0.39 is 5.91 Å². The molecule has 1 saturated heterocycles. The van der Waals surface area contributed by atoms with Crippen molar-refractivity contribution < 1.29 is 9.53 Å². The van der Waals surface area contributed by atoms with Gasteiger partial charge in [0, 0.05) is 29.6 Å². The lowest BCUT2D eigenvalue weighted by Crippen LogP contribution is -2.32. The number of anilines is 2. The van der Waals surface area contributed by atoms with Crippen molar-refractivity contribution in [1.29, 1.82) is 0 Å². The number of carbonyl (C=O) groups excluding carboxylic acids is 1. The minimum absolute atomic E-state index is 0.230. The first-order valence-corrected chi connectivity index (χ1v) is 9.70. The molecule has 2 aromatic heterocycles. The minimum Gasteiger partial charge on any atom is -0.383 e. The molecule has 0 radical (unpaired) electrons. The Morgan fingerprint density at radius 3 is 2.79 bits per heavy atom. The Labute approximate surface area is 167 Å². The normalized spacial score (nSPS) is 18.0. The fourth-order valence-electron chi connectivity index (χ4n) is 3.80. The van der Waals surface area contributed by atoms with Crippen LogP contribution in [0.25, 0.3) is 22.3 Å². The summed E-state index contributed by atoms with van der Waals surface area (Å²) < 4.78 is 5.77. The van der Waals surface area contributed by atoms with Gasteiger partial charge in [0.25, 0.3) is 0 Å². The van der Waals surface area contributed by atoms with Gasteiger partial charge in [0.15, 0.2) is 5.65 Å². The molecule has 29 heavy (non-hydrogen) atoms. The third kappa shape index (κ3) is 3.36. The molecule has 1 spiro atoms. The van der Waals surface area contributed by atoms with E-state index in [-0.39, 0.29) is 5.41 Å². The van der Waals surface area contributed by atoms with E-state index in [0.29, 0.717) is 40.7 Å². The zero-order valence-corrected chi connectivity index (χ0v) is 16.0. The van der Waals surface area contributed by atoms with E-state index in [4.69, 9.17) is 26.2 Å². The van der Waals surface area contributed by atoms with Crippen molar-refractivity contribution in [2.24, 2.45) is 11.1 Å². The third-order valence-corrected chi connectivity index (χ3v) is 5.70. The second kappa shape index (κ2) is 6.66. The van der Waals surface area contributed by atoms with Crippen molar-refractivity contribution in [2.75, 3.05) is 36.9 Å². The summed E-state index contributed by atoms with van der Waals surface area (Å²) in [5.74, 6) is 0.520. The van der Waals surface area contributed by atoms with Gasteiger partial charge in [0.05, 0.1) is 24.3 Å². The van der Waals surface area contributed by atoms with Crippen molar-refractivity contribution >= 4 is 28.7 Å². The van der Waals surface area contributed by atoms with Crippen LogP contribution in [-0.4, -0.2) is 47.2 Å². The largest absolute Gasteiger partial charge is 0.383 e. The molecule has 2 fully saturated rings. The van der Waals surface area contributed by atoms with Gasteiger partial charge in [-0.05, 0) is 37.1 Å². The highest BCUT2D eigenvalue weighted by Gasteiger charge is 2.45. The second-order valence-corrected chi connectivity index (χ2v) is 7.90. The number of benzene rings is 1. The Kier molecular flexibility index (Phi) is 4.09. The average molecular weight is 390 g/mol. The highest BCUT2D eigenvalue weighted by molar-refractivity contribution is 5.94. The second-order valence-electron chi connectivity index (χ2n) is 7.90. The maximum Gasteiger partial charge on any atom is 0.248 e. The van der Waals surface area contributed by atoms with Gasteiger partial charge in [-0.1, -0.05) is 12.1 Å². The summed E-state index contributed by atoms with van der Waals surface area (Å²) in [5, 5.41) is 0.704. The van der Waals surface area contributed by atoms with E-state index in [2.05, 4.69) is 9.88 Å². The van der Waals surface area contributed by atoms with Gasteiger partial charge in [0.1, 0.15) is 5.82 Å². The van der Waals surface area contributed by atoms with E-state index in [9.17, 15) is 4.79 Å². The van der Waals surface area contributed by atoms with Crippen LogP contribution in [0.3, 0.4) is 0 Å². The van der Waals surface area contributed by atoms with Crippen LogP contribution >= 0.6 is 0 Å². The highest BCUT2D eigenvalue weighted by atomic mass is 16.5. The standard InChI is InChI=1S/C21H22N6O2/c22-17-15-4-5-16(13-2-1-3-14(10-13)18(23)28)24-19(15)26-20(25-17)27-8-9-29-12-21(11-27)6-7-21/h1-5,10H,6-9,11-12H2,(H2,23,28)(H2,22,24,25,26). The summed E-state index contributed by atoms with van der Waals surface area (Å²) in [4.78, 5) is 27.6. The van der Waals surface area contributed by atoms with Crippen LogP contribution in [0.5, 0.6) is 0 Å².